The van der Waals surface area contributed by atoms with Crippen LogP contribution in [0.1, 0.15) is 11.7 Å². The number of thioether (sulfide) groups is 1. The normalized spacial score (nSPS) is 19.4. The Labute approximate surface area is 121 Å². The zero-order chi connectivity index (χ0) is 13.2. The second kappa shape index (κ2) is 5.45. The Morgan fingerprint density at radius 3 is 2.89 bits per heavy atom. The van der Waals surface area contributed by atoms with Gasteiger partial charge >= 0.3 is 0 Å². The fraction of sp³-hybridized carbons (Fsp3) is 0.200. The van der Waals surface area contributed by atoms with Crippen LogP contribution in [0.2, 0.25) is 5.02 Å². The molecule has 1 aliphatic heterocycles. The van der Waals surface area contributed by atoms with Crippen molar-refractivity contribution in [3.63, 3.8) is 0 Å². The summed E-state index contributed by atoms with van der Waals surface area (Å²) in [7, 11) is 0. The first-order valence-electron chi connectivity index (χ1n) is 6.06. The number of para-hydroxylation sites is 1. The molecule has 0 bridgehead atoms. The first kappa shape index (κ1) is 12.9. The molecule has 0 fully saturated rings. The summed E-state index contributed by atoms with van der Waals surface area (Å²) in [6, 6.07) is 15.2. The number of ether oxygens (including phenoxy) is 1. The van der Waals surface area contributed by atoms with E-state index in [1.54, 1.807) is 23.9 Å². The minimum atomic E-state index is -0.667. The van der Waals surface area contributed by atoms with E-state index in [1.807, 2.05) is 36.4 Å². The van der Waals surface area contributed by atoms with E-state index >= 15 is 0 Å². The van der Waals surface area contributed by atoms with Crippen LogP contribution < -0.4 is 4.74 Å². The molecule has 0 aliphatic carbocycles. The lowest BCUT2D eigenvalue weighted by atomic mass is 10.1. The molecule has 3 rings (SSSR count). The van der Waals surface area contributed by atoms with Crippen molar-refractivity contribution in [3.8, 4) is 5.75 Å². The maximum atomic E-state index is 10.4. The van der Waals surface area contributed by atoms with Crippen molar-refractivity contribution >= 4 is 23.4 Å². The van der Waals surface area contributed by atoms with Crippen LogP contribution in [0.5, 0.6) is 5.75 Å². The zero-order valence-electron chi connectivity index (χ0n) is 10.1. The minimum Gasteiger partial charge on any atom is -0.485 e. The third-order valence-electron chi connectivity index (χ3n) is 3.07. The molecule has 0 spiro atoms. The van der Waals surface area contributed by atoms with Gasteiger partial charge in [-0.25, -0.2) is 0 Å². The molecule has 2 aromatic rings. The SMILES string of the molecule is OC(c1cccc(Cl)c1)C1CSc2ccccc2O1. The van der Waals surface area contributed by atoms with Gasteiger partial charge in [-0.1, -0.05) is 35.9 Å². The molecule has 2 aromatic carbocycles. The fourth-order valence-corrected chi connectivity index (χ4v) is 3.32. The number of rotatable bonds is 2. The quantitative estimate of drug-likeness (QED) is 0.909. The van der Waals surface area contributed by atoms with Crippen molar-refractivity contribution < 1.29 is 9.84 Å². The van der Waals surface area contributed by atoms with Crippen molar-refractivity contribution in [1.82, 2.24) is 0 Å². The molecule has 1 heterocycles. The molecule has 0 amide bonds. The topological polar surface area (TPSA) is 29.5 Å². The molecule has 1 N–H and O–H groups in total. The molecule has 1 aliphatic rings. The van der Waals surface area contributed by atoms with Crippen LogP contribution in [-0.4, -0.2) is 17.0 Å². The standard InChI is InChI=1S/C15H13ClO2S/c16-11-5-3-4-10(8-11)15(17)13-9-19-14-7-2-1-6-12(14)18-13/h1-8,13,15,17H,9H2. The van der Waals surface area contributed by atoms with Crippen molar-refractivity contribution in [2.45, 2.75) is 17.1 Å². The lowest BCUT2D eigenvalue weighted by Gasteiger charge is -2.29. The summed E-state index contributed by atoms with van der Waals surface area (Å²) in [5.74, 6) is 1.56. The Morgan fingerprint density at radius 2 is 2.05 bits per heavy atom. The van der Waals surface area contributed by atoms with Gasteiger partial charge in [-0.15, -0.1) is 11.8 Å². The van der Waals surface area contributed by atoms with Crippen LogP contribution in [0.3, 0.4) is 0 Å². The third kappa shape index (κ3) is 2.73. The van der Waals surface area contributed by atoms with Crippen LogP contribution in [-0.2, 0) is 0 Å². The van der Waals surface area contributed by atoms with Crippen LogP contribution in [0.25, 0.3) is 0 Å². The first-order valence-corrected chi connectivity index (χ1v) is 7.42. The maximum Gasteiger partial charge on any atom is 0.138 e. The summed E-state index contributed by atoms with van der Waals surface area (Å²) < 4.78 is 5.87. The van der Waals surface area contributed by atoms with Gasteiger partial charge in [0.1, 0.15) is 18.0 Å². The van der Waals surface area contributed by atoms with Crippen molar-refractivity contribution in [1.29, 1.82) is 0 Å². The van der Waals surface area contributed by atoms with Gasteiger partial charge in [-0.05, 0) is 29.8 Å². The lowest BCUT2D eigenvalue weighted by Crippen LogP contribution is -2.30. The molecule has 19 heavy (non-hydrogen) atoms. The van der Waals surface area contributed by atoms with E-state index in [9.17, 15) is 5.11 Å². The number of hydrogen-bond donors (Lipinski definition) is 1. The summed E-state index contributed by atoms with van der Waals surface area (Å²) in [4.78, 5) is 1.12. The summed E-state index contributed by atoms with van der Waals surface area (Å²) in [6.45, 7) is 0. The largest absolute Gasteiger partial charge is 0.485 e. The number of aliphatic hydroxyl groups is 1. The molecule has 4 heteroatoms. The van der Waals surface area contributed by atoms with Crippen molar-refractivity contribution in [2.24, 2.45) is 0 Å². The predicted molar refractivity (Wildman–Crippen MR) is 78.0 cm³/mol. The highest BCUT2D eigenvalue weighted by Crippen LogP contribution is 2.38. The van der Waals surface area contributed by atoms with Gasteiger partial charge < -0.3 is 9.84 Å². The number of benzene rings is 2. The van der Waals surface area contributed by atoms with Gasteiger partial charge in [-0.3, -0.25) is 0 Å². The average molecular weight is 293 g/mol. The molecular formula is C15H13ClO2S. The number of halogens is 1. The van der Waals surface area contributed by atoms with Gasteiger partial charge in [0.25, 0.3) is 0 Å². The van der Waals surface area contributed by atoms with Gasteiger partial charge in [0, 0.05) is 15.7 Å². The van der Waals surface area contributed by atoms with E-state index in [1.165, 1.54) is 0 Å². The minimum absolute atomic E-state index is 0.252. The Bertz CT molecular complexity index is 588. The molecule has 0 saturated carbocycles. The highest BCUT2D eigenvalue weighted by Gasteiger charge is 2.27. The van der Waals surface area contributed by atoms with Crippen LogP contribution >= 0.6 is 23.4 Å². The van der Waals surface area contributed by atoms with E-state index in [4.69, 9.17) is 16.3 Å². The lowest BCUT2D eigenvalue weighted by molar-refractivity contribution is 0.0457. The smallest absolute Gasteiger partial charge is 0.138 e. The monoisotopic (exact) mass is 292 g/mol. The molecule has 2 atom stereocenters. The molecule has 0 radical (unpaired) electrons. The third-order valence-corrected chi connectivity index (χ3v) is 4.45. The van der Waals surface area contributed by atoms with E-state index in [0.717, 1.165) is 22.0 Å². The van der Waals surface area contributed by atoms with Crippen LogP contribution in [0.15, 0.2) is 53.4 Å². The average Bonchev–Trinajstić information content (AvgIpc) is 2.46. The second-order valence-electron chi connectivity index (χ2n) is 4.41. The summed E-state index contributed by atoms with van der Waals surface area (Å²) >= 11 is 7.66. The summed E-state index contributed by atoms with van der Waals surface area (Å²) in [5.41, 5.74) is 0.789. The van der Waals surface area contributed by atoms with Gasteiger partial charge in [0.2, 0.25) is 0 Å². The number of fused-ring (bicyclic) bond motifs is 1. The Hall–Kier alpha value is -1.16. The molecular weight excluding hydrogens is 280 g/mol. The number of hydrogen-bond acceptors (Lipinski definition) is 3. The first-order chi connectivity index (χ1) is 9.24. The second-order valence-corrected chi connectivity index (χ2v) is 5.91. The zero-order valence-corrected chi connectivity index (χ0v) is 11.7. The van der Waals surface area contributed by atoms with Gasteiger partial charge in [0.15, 0.2) is 0 Å². The van der Waals surface area contributed by atoms with E-state index in [2.05, 4.69) is 0 Å². The van der Waals surface area contributed by atoms with E-state index in [-0.39, 0.29) is 6.10 Å². The fourth-order valence-electron chi connectivity index (χ4n) is 2.10. The Kier molecular flexibility index (Phi) is 3.69. The van der Waals surface area contributed by atoms with E-state index < -0.39 is 6.10 Å². The molecule has 2 unspecified atom stereocenters. The van der Waals surface area contributed by atoms with E-state index in [0.29, 0.717) is 5.02 Å². The van der Waals surface area contributed by atoms with Gasteiger partial charge in [-0.2, -0.15) is 0 Å². The molecule has 0 saturated heterocycles. The molecule has 0 aromatic heterocycles. The van der Waals surface area contributed by atoms with Crippen molar-refractivity contribution in [3.05, 3.63) is 59.1 Å². The van der Waals surface area contributed by atoms with Crippen molar-refractivity contribution in [2.75, 3.05) is 5.75 Å². The van der Waals surface area contributed by atoms with Crippen LogP contribution in [0.4, 0.5) is 0 Å². The van der Waals surface area contributed by atoms with Gasteiger partial charge in [0.05, 0.1) is 0 Å². The summed E-state index contributed by atoms with van der Waals surface area (Å²) in [5, 5.41) is 11.0. The highest BCUT2D eigenvalue weighted by atomic mass is 35.5. The predicted octanol–water partition coefficient (Wildman–Crippen LogP) is 3.93. The maximum absolute atomic E-state index is 10.4. The molecule has 98 valence electrons. The highest BCUT2D eigenvalue weighted by molar-refractivity contribution is 7.99. The number of aliphatic hydroxyl groups excluding tert-OH is 1. The summed E-state index contributed by atoms with van der Waals surface area (Å²) in [6.07, 6.45) is -0.919. The Morgan fingerprint density at radius 1 is 1.21 bits per heavy atom. The molecule has 2 nitrogen and oxygen atoms in total. The Balaban J connectivity index is 1.81. The van der Waals surface area contributed by atoms with Crippen LogP contribution in [0, 0.1) is 0 Å².